The largest absolute Gasteiger partial charge is 0.378 e. The van der Waals surface area contributed by atoms with Crippen LogP contribution in [-0.4, -0.2) is 28.9 Å². The van der Waals surface area contributed by atoms with Gasteiger partial charge in [0.1, 0.15) is 0 Å². The first-order chi connectivity index (χ1) is 8.31. The molecular formula is C12H19N3O2. The van der Waals surface area contributed by atoms with Crippen LogP contribution >= 0.6 is 0 Å². The van der Waals surface area contributed by atoms with Crippen molar-refractivity contribution in [3.05, 3.63) is 11.7 Å². The third-order valence-electron chi connectivity index (χ3n) is 3.74. The number of ether oxygens (including phenoxy) is 1. The average Bonchev–Trinajstić information content (AvgIpc) is 2.99. The normalized spacial score (nSPS) is 33.4. The Kier molecular flexibility index (Phi) is 3.11. The fraction of sp³-hybridized carbons (Fsp3) is 0.833. The molecule has 3 rings (SSSR count). The lowest BCUT2D eigenvalue weighted by Gasteiger charge is -2.04. The summed E-state index contributed by atoms with van der Waals surface area (Å²) in [4.78, 5) is 4.48. The van der Waals surface area contributed by atoms with Gasteiger partial charge in [0.05, 0.1) is 6.10 Å². The molecule has 1 saturated heterocycles. The van der Waals surface area contributed by atoms with Crippen molar-refractivity contribution in [1.82, 2.24) is 10.1 Å². The molecule has 17 heavy (non-hydrogen) atoms. The van der Waals surface area contributed by atoms with Gasteiger partial charge in [-0.1, -0.05) is 5.16 Å². The van der Waals surface area contributed by atoms with Crippen LogP contribution in [0.2, 0.25) is 0 Å². The molecule has 2 fully saturated rings. The molecule has 5 heteroatoms. The molecule has 3 atom stereocenters. The average molecular weight is 237 g/mol. The predicted octanol–water partition coefficient (Wildman–Crippen LogP) is 1.39. The molecule has 0 spiro atoms. The maximum atomic E-state index is 5.89. The van der Waals surface area contributed by atoms with E-state index in [1.807, 2.05) is 0 Å². The van der Waals surface area contributed by atoms with Crippen LogP contribution in [0.25, 0.3) is 0 Å². The van der Waals surface area contributed by atoms with E-state index in [0.717, 1.165) is 56.8 Å². The first kappa shape index (κ1) is 11.2. The van der Waals surface area contributed by atoms with Crippen LogP contribution in [0, 0.1) is 0 Å². The lowest BCUT2D eigenvalue weighted by atomic mass is 10.1. The van der Waals surface area contributed by atoms with Gasteiger partial charge in [-0.3, -0.25) is 0 Å². The van der Waals surface area contributed by atoms with Gasteiger partial charge in [0.15, 0.2) is 5.82 Å². The molecule has 1 saturated carbocycles. The molecule has 1 aliphatic heterocycles. The van der Waals surface area contributed by atoms with Crippen molar-refractivity contribution in [2.75, 3.05) is 6.61 Å². The molecule has 1 aromatic heterocycles. The zero-order valence-electron chi connectivity index (χ0n) is 9.97. The van der Waals surface area contributed by atoms with E-state index < -0.39 is 0 Å². The van der Waals surface area contributed by atoms with Crippen LogP contribution in [0.3, 0.4) is 0 Å². The van der Waals surface area contributed by atoms with Gasteiger partial charge in [-0.25, -0.2) is 0 Å². The Balaban J connectivity index is 1.61. The molecular weight excluding hydrogens is 218 g/mol. The van der Waals surface area contributed by atoms with Crippen molar-refractivity contribution >= 4 is 0 Å². The van der Waals surface area contributed by atoms with Gasteiger partial charge < -0.3 is 15.0 Å². The maximum Gasteiger partial charge on any atom is 0.229 e. The SMILES string of the molecule is N[C@H]1CC[C@@H](c2nc(CC3CCCO3)no2)C1. The lowest BCUT2D eigenvalue weighted by molar-refractivity contribution is 0.109. The third-order valence-corrected chi connectivity index (χ3v) is 3.74. The number of rotatable bonds is 3. The minimum absolute atomic E-state index is 0.284. The standard InChI is InChI=1S/C12H19N3O2/c13-9-4-3-8(6-9)12-14-11(15-17-12)7-10-2-1-5-16-10/h8-10H,1-7,13H2/t8-,9+,10?/m1/s1. The van der Waals surface area contributed by atoms with Gasteiger partial charge in [0, 0.05) is 25.0 Å². The minimum atomic E-state index is 0.284. The first-order valence-electron chi connectivity index (χ1n) is 6.51. The molecule has 0 radical (unpaired) electrons. The zero-order chi connectivity index (χ0) is 11.7. The molecule has 2 heterocycles. The Bertz CT molecular complexity index is 374. The zero-order valence-corrected chi connectivity index (χ0v) is 9.97. The molecule has 94 valence electrons. The number of hydrogen-bond acceptors (Lipinski definition) is 5. The number of nitrogens with zero attached hydrogens (tertiary/aromatic N) is 2. The summed E-state index contributed by atoms with van der Waals surface area (Å²) in [5.41, 5.74) is 5.89. The first-order valence-corrected chi connectivity index (χ1v) is 6.51. The highest BCUT2D eigenvalue weighted by Crippen LogP contribution is 2.32. The smallest absolute Gasteiger partial charge is 0.229 e. The van der Waals surface area contributed by atoms with Gasteiger partial charge in [0.25, 0.3) is 0 Å². The van der Waals surface area contributed by atoms with Crippen molar-refractivity contribution < 1.29 is 9.26 Å². The summed E-state index contributed by atoms with van der Waals surface area (Å²) in [6.07, 6.45) is 6.43. The second-order valence-electron chi connectivity index (χ2n) is 5.16. The molecule has 1 aliphatic carbocycles. The predicted molar refractivity (Wildman–Crippen MR) is 61.5 cm³/mol. The molecule has 2 aliphatic rings. The van der Waals surface area contributed by atoms with Crippen LogP contribution in [0.4, 0.5) is 0 Å². The third kappa shape index (κ3) is 2.50. The monoisotopic (exact) mass is 237 g/mol. The number of nitrogens with two attached hydrogens (primary N) is 1. The van der Waals surface area contributed by atoms with Crippen LogP contribution in [0.5, 0.6) is 0 Å². The quantitative estimate of drug-likeness (QED) is 0.859. The van der Waals surface area contributed by atoms with Gasteiger partial charge >= 0.3 is 0 Å². The van der Waals surface area contributed by atoms with E-state index in [1.54, 1.807) is 0 Å². The Hall–Kier alpha value is -0.940. The van der Waals surface area contributed by atoms with E-state index in [1.165, 1.54) is 0 Å². The maximum absolute atomic E-state index is 5.89. The van der Waals surface area contributed by atoms with E-state index in [9.17, 15) is 0 Å². The summed E-state index contributed by atoms with van der Waals surface area (Å²) in [7, 11) is 0. The summed E-state index contributed by atoms with van der Waals surface area (Å²) in [5.74, 6) is 1.93. The molecule has 0 amide bonds. The highest BCUT2D eigenvalue weighted by Gasteiger charge is 2.28. The van der Waals surface area contributed by atoms with Crippen molar-refractivity contribution in [2.24, 2.45) is 5.73 Å². The summed E-state index contributed by atoms with van der Waals surface area (Å²) >= 11 is 0. The summed E-state index contributed by atoms with van der Waals surface area (Å²) in [6, 6.07) is 0.300. The Morgan fingerprint density at radius 3 is 2.94 bits per heavy atom. The van der Waals surface area contributed by atoms with Crippen LogP contribution in [-0.2, 0) is 11.2 Å². The van der Waals surface area contributed by atoms with E-state index in [0.29, 0.717) is 12.0 Å². The van der Waals surface area contributed by atoms with Crippen LogP contribution < -0.4 is 5.73 Å². The molecule has 0 aromatic carbocycles. The number of aromatic nitrogens is 2. The van der Waals surface area contributed by atoms with E-state index in [4.69, 9.17) is 15.0 Å². The Morgan fingerprint density at radius 2 is 2.24 bits per heavy atom. The summed E-state index contributed by atoms with van der Waals surface area (Å²) in [5, 5.41) is 4.04. The molecule has 5 nitrogen and oxygen atoms in total. The minimum Gasteiger partial charge on any atom is -0.378 e. The molecule has 1 aromatic rings. The summed E-state index contributed by atoms with van der Waals surface area (Å²) < 4.78 is 10.9. The van der Waals surface area contributed by atoms with Crippen molar-refractivity contribution in [1.29, 1.82) is 0 Å². The van der Waals surface area contributed by atoms with Crippen molar-refractivity contribution in [3.63, 3.8) is 0 Å². The fourth-order valence-electron chi connectivity index (χ4n) is 2.77. The summed E-state index contributed by atoms with van der Waals surface area (Å²) in [6.45, 7) is 0.868. The van der Waals surface area contributed by atoms with Gasteiger partial charge in [-0.2, -0.15) is 4.98 Å². The number of hydrogen-bond donors (Lipinski definition) is 1. The second-order valence-corrected chi connectivity index (χ2v) is 5.16. The topological polar surface area (TPSA) is 74.2 Å². The molecule has 1 unspecified atom stereocenters. The Morgan fingerprint density at radius 1 is 1.29 bits per heavy atom. The van der Waals surface area contributed by atoms with Crippen molar-refractivity contribution in [2.45, 2.75) is 56.6 Å². The van der Waals surface area contributed by atoms with Gasteiger partial charge in [-0.05, 0) is 32.1 Å². The van der Waals surface area contributed by atoms with E-state index in [-0.39, 0.29) is 6.10 Å². The molecule has 2 N–H and O–H groups in total. The molecule has 0 bridgehead atoms. The Labute approximate surface area is 101 Å². The lowest BCUT2D eigenvalue weighted by Crippen LogP contribution is -2.14. The van der Waals surface area contributed by atoms with E-state index in [2.05, 4.69) is 10.1 Å². The van der Waals surface area contributed by atoms with Crippen LogP contribution in [0.1, 0.15) is 49.7 Å². The highest BCUT2D eigenvalue weighted by molar-refractivity contribution is 5.00. The van der Waals surface area contributed by atoms with Gasteiger partial charge in [0.2, 0.25) is 5.89 Å². The van der Waals surface area contributed by atoms with Crippen LogP contribution in [0.15, 0.2) is 4.52 Å². The van der Waals surface area contributed by atoms with E-state index >= 15 is 0 Å². The van der Waals surface area contributed by atoms with Crippen molar-refractivity contribution in [3.8, 4) is 0 Å². The fourth-order valence-corrected chi connectivity index (χ4v) is 2.77. The second kappa shape index (κ2) is 4.74. The highest BCUT2D eigenvalue weighted by atomic mass is 16.5. The van der Waals surface area contributed by atoms with Gasteiger partial charge in [-0.15, -0.1) is 0 Å².